The third kappa shape index (κ3) is 4.56. The number of hydrogen-bond donors (Lipinski definition) is 3. The summed E-state index contributed by atoms with van der Waals surface area (Å²) in [4.78, 5) is 43.9. The van der Waals surface area contributed by atoms with Crippen molar-refractivity contribution in [1.82, 2.24) is 19.4 Å². The fourth-order valence-corrected chi connectivity index (χ4v) is 3.86. The molecule has 176 valence electrons. The number of aryl methyl sites for hydroxylation is 1. The van der Waals surface area contributed by atoms with E-state index in [2.05, 4.69) is 10.3 Å². The van der Waals surface area contributed by atoms with E-state index in [4.69, 9.17) is 10.8 Å². The Labute approximate surface area is 196 Å². The largest absolute Gasteiger partial charge is 0.465 e. The van der Waals surface area contributed by atoms with Gasteiger partial charge in [-0.05, 0) is 42.8 Å². The van der Waals surface area contributed by atoms with Crippen LogP contribution in [0.1, 0.15) is 15.9 Å². The predicted molar refractivity (Wildman–Crippen MR) is 129 cm³/mol. The Kier molecular flexibility index (Phi) is 6.22. The molecule has 2 aromatic carbocycles. The average molecular weight is 463 g/mol. The minimum absolute atomic E-state index is 0.158. The van der Waals surface area contributed by atoms with Gasteiger partial charge in [0.25, 0.3) is 11.5 Å². The first-order chi connectivity index (χ1) is 16.2. The van der Waals surface area contributed by atoms with Gasteiger partial charge in [0.05, 0.1) is 5.69 Å². The van der Waals surface area contributed by atoms with Crippen molar-refractivity contribution in [3.63, 3.8) is 0 Å². The van der Waals surface area contributed by atoms with Crippen molar-refractivity contribution in [3.8, 4) is 11.3 Å². The Morgan fingerprint density at radius 1 is 1.03 bits per heavy atom. The summed E-state index contributed by atoms with van der Waals surface area (Å²) in [6, 6.07) is 12.3. The van der Waals surface area contributed by atoms with Gasteiger partial charge in [0, 0.05) is 61.9 Å². The van der Waals surface area contributed by atoms with Gasteiger partial charge in [0.2, 0.25) is 0 Å². The quantitative estimate of drug-likeness (QED) is 0.507. The number of amides is 2. The van der Waals surface area contributed by atoms with E-state index in [9.17, 15) is 14.4 Å². The molecule has 10 nitrogen and oxygen atoms in total. The highest BCUT2D eigenvalue weighted by molar-refractivity contribution is 5.94. The van der Waals surface area contributed by atoms with Crippen LogP contribution in [0.25, 0.3) is 11.3 Å². The minimum atomic E-state index is -0.975. The van der Waals surface area contributed by atoms with Crippen LogP contribution in [0, 0.1) is 6.92 Å². The molecule has 4 N–H and O–H groups in total. The number of piperazine rings is 1. The Hall–Kier alpha value is -4.34. The lowest BCUT2D eigenvalue weighted by molar-refractivity contribution is 0.0625. The summed E-state index contributed by atoms with van der Waals surface area (Å²) in [5.41, 5.74) is 9.81. The molecular formula is C24H26N6O4. The monoisotopic (exact) mass is 462 g/mol. The molecule has 2 amide bonds. The minimum Gasteiger partial charge on any atom is -0.465 e. The molecule has 1 aromatic heterocycles. The number of nitrogens with one attached hydrogen (secondary N) is 1. The van der Waals surface area contributed by atoms with Gasteiger partial charge in [-0.2, -0.15) is 0 Å². The van der Waals surface area contributed by atoms with Gasteiger partial charge in [-0.15, -0.1) is 0 Å². The third-order valence-electron chi connectivity index (χ3n) is 5.95. The van der Waals surface area contributed by atoms with Gasteiger partial charge in [-0.3, -0.25) is 9.59 Å². The van der Waals surface area contributed by atoms with Gasteiger partial charge in [-0.1, -0.05) is 12.1 Å². The first-order valence-corrected chi connectivity index (χ1v) is 10.8. The van der Waals surface area contributed by atoms with Gasteiger partial charge >= 0.3 is 6.09 Å². The second-order valence-electron chi connectivity index (χ2n) is 8.17. The highest BCUT2D eigenvalue weighted by Crippen LogP contribution is 2.26. The van der Waals surface area contributed by atoms with E-state index in [-0.39, 0.29) is 17.3 Å². The van der Waals surface area contributed by atoms with E-state index < -0.39 is 6.09 Å². The SMILES string of the molecule is Cc1c(N)cccc1-c1cn(C)c(=O)c(Nc2ccc(C(=O)N3CCN(C(=O)O)CC3)cc2)n1. The molecule has 0 radical (unpaired) electrons. The van der Waals surface area contributed by atoms with E-state index in [1.54, 1.807) is 42.4 Å². The van der Waals surface area contributed by atoms with Gasteiger partial charge < -0.3 is 30.5 Å². The van der Waals surface area contributed by atoms with Crippen LogP contribution in [0.4, 0.5) is 22.0 Å². The standard InChI is InChI=1S/C24H26N6O4/c1-15-18(4-3-5-19(15)25)20-14-28(2)23(32)21(27-20)26-17-8-6-16(7-9-17)22(31)29-10-12-30(13-11-29)24(33)34/h3-9,14H,10-13,25H2,1-2H3,(H,26,27)(H,33,34). The van der Waals surface area contributed by atoms with E-state index in [0.717, 1.165) is 11.1 Å². The number of hydrogen-bond acceptors (Lipinski definition) is 6. The number of nitrogens with two attached hydrogens (primary N) is 1. The molecule has 0 saturated carbocycles. The number of carbonyl (C=O) groups excluding carboxylic acids is 1. The van der Waals surface area contributed by atoms with E-state index in [0.29, 0.717) is 48.8 Å². The van der Waals surface area contributed by atoms with E-state index in [1.165, 1.54) is 9.47 Å². The molecule has 1 saturated heterocycles. The fraction of sp³-hybridized carbons (Fsp3) is 0.250. The average Bonchev–Trinajstić information content (AvgIpc) is 2.83. The van der Waals surface area contributed by atoms with Crippen LogP contribution in [0.5, 0.6) is 0 Å². The number of carbonyl (C=O) groups is 2. The first-order valence-electron chi connectivity index (χ1n) is 10.8. The number of rotatable bonds is 4. The Morgan fingerprint density at radius 2 is 1.68 bits per heavy atom. The maximum absolute atomic E-state index is 12.8. The zero-order valence-corrected chi connectivity index (χ0v) is 19.0. The van der Waals surface area contributed by atoms with E-state index in [1.807, 2.05) is 25.1 Å². The Balaban J connectivity index is 1.52. The molecule has 0 aliphatic carbocycles. The van der Waals surface area contributed by atoms with Crippen molar-refractivity contribution < 1.29 is 14.7 Å². The third-order valence-corrected chi connectivity index (χ3v) is 5.95. The molecule has 0 atom stereocenters. The smallest absolute Gasteiger partial charge is 0.407 e. The van der Waals surface area contributed by atoms with Crippen LogP contribution >= 0.6 is 0 Å². The maximum Gasteiger partial charge on any atom is 0.407 e. The number of nitrogens with zero attached hydrogens (tertiary/aromatic N) is 4. The van der Waals surface area contributed by atoms with Crippen molar-refractivity contribution in [2.24, 2.45) is 7.05 Å². The van der Waals surface area contributed by atoms with Crippen LogP contribution in [0.3, 0.4) is 0 Å². The lowest BCUT2D eigenvalue weighted by atomic mass is 10.0. The highest BCUT2D eigenvalue weighted by atomic mass is 16.4. The Morgan fingerprint density at radius 3 is 2.32 bits per heavy atom. The van der Waals surface area contributed by atoms with Crippen LogP contribution in [-0.2, 0) is 7.05 Å². The number of aromatic nitrogens is 2. The molecule has 0 bridgehead atoms. The zero-order chi connectivity index (χ0) is 24.4. The molecule has 3 aromatic rings. The number of benzene rings is 2. The van der Waals surface area contributed by atoms with Crippen LogP contribution < -0.4 is 16.6 Å². The van der Waals surface area contributed by atoms with Crippen molar-refractivity contribution in [2.75, 3.05) is 37.2 Å². The lowest BCUT2D eigenvalue weighted by Gasteiger charge is -2.33. The topological polar surface area (TPSA) is 134 Å². The Bertz CT molecular complexity index is 1290. The summed E-state index contributed by atoms with van der Waals surface area (Å²) in [6.45, 7) is 3.18. The van der Waals surface area contributed by atoms with Crippen LogP contribution in [0.2, 0.25) is 0 Å². The molecule has 1 fully saturated rings. The summed E-state index contributed by atoms with van der Waals surface area (Å²) >= 11 is 0. The maximum atomic E-state index is 12.8. The lowest BCUT2D eigenvalue weighted by Crippen LogP contribution is -2.50. The molecule has 10 heteroatoms. The summed E-state index contributed by atoms with van der Waals surface area (Å²) in [7, 11) is 1.66. The number of carboxylic acid groups (broad SMARTS) is 1. The summed E-state index contributed by atoms with van der Waals surface area (Å²) in [6.07, 6.45) is 0.693. The van der Waals surface area contributed by atoms with Gasteiger partial charge in [-0.25, -0.2) is 9.78 Å². The fourth-order valence-electron chi connectivity index (χ4n) is 3.86. The number of anilines is 3. The van der Waals surface area contributed by atoms with E-state index >= 15 is 0 Å². The van der Waals surface area contributed by atoms with Crippen molar-refractivity contribution in [3.05, 3.63) is 70.1 Å². The second kappa shape index (κ2) is 9.26. The summed E-state index contributed by atoms with van der Waals surface area (Å²) < 4.78 is 1.46. The summed E-state index contributed by atoms with van der Waals surface area (Å²) in [5, 5.41) is 12.1. The molecule has 0 spiro atoms. The van der Waals surface area contributed by atoms with Crippen LogP contribution in [0.15, 0.2) is 53.5 Å². The highest BCUT2D eigenvalue weighted by Gasteiger charge is 2.24. The molecule has 2 heterocycles. The molecule has 0 unspecified atom stereocenters. The van der Waals surface area contributed by atoms with Gasteiger partial charge in [0.15, 0.2) is 5.82 Å². The second-order valence-corrected chi connectivity index (χ2v) is 8.17. The molecule has 1 aliphatic rings. The summed E-state index contributed by atoms with van der Waals surface area (Å²) in [5.74, 6) is -0.00420. The predicted octanol–water partition coefficient (Wildman–Crippen LogP) is 2.52. The normalized spacial score (nSPS) is 13.6. The number of nitrogen functional groups attached to an aromatic ring is 1. The molecular weight excluding hydrogens is 436 g/mol. The molecule has 34 heavy (non-hydrogen) atoms. The molecule has 1 aliphatic heterocycles. The first kappa shape index (κ1) is 22.8. The van der Waals surface area contributed by atoms with Crippen molar-refractivity contribution in [1.29, 1.82) is 0 Å². The molecule has 4 rings (SSSR count). The van der Waals surface area contributed by atoms with Crippen molar-refractivity contribution in [2.45, 2.75) is 6.92 Å². The van der Waals surface area contributed by atoms with Crippen LogP contribution in [-0.4, -0.2) is 62.6 Å². The van der Waals surface area contributed by atoms with Crippen molar-refractivity contribution >= 4 is 29.2 Å². The van der Waals surface area contributed by atoms with Gasteiger partial charge in [0.1, 0.15) is 0 Å². The zero-order valence-electron chi connectivity index (χ0n) is 19.0.